The van der Waals surface area contributed by atoms with Gasteiger partial charge in [0, 0.05) is 12.1 Å². The lowest BCUT2D eigenvalue weighted by molar-refractivity contribution is -0.140. The monoisotopic (exact) mass is 614 g/mol. The molecule has 1 heterocycles. The van der Waals surface area contributed by atoms with Crippen LogP contribution in [-0.4, -0.2) is 66.5 Å². The maximum absolute atomic E-state index is 13.6. The van der Waals surface area contributed by atoms with Crippen LogP contribution in [0.2, 0.25) is 0 Å². The van der Waals surface area contributed by atoms with Crippen LogP contribution in [0.15, 0.2) is 78.4 Å². The summed E-state index contributed by atoms with van der Waals surface area (Å²) in [5, 5.41) is 11.6. The fraction of sp³-hybridized carbons (Fsp3) is 0.405. The van der Waals surface area contributed by atoms with E-state index >= 15 is 0 Å². The van der Waals surface area contributed by atoms with Crippen molar-refractivity contribution in [2.75, 3.05) is 39.9 Å². The van der Waals surface area contributed by atoms with Gasteiger partial charge in [-0.25, -0.2) is 0 Å². The maximum Gasteiger partial charge on any atom is 0.295 e. The van der Waals surface area contributed by atoms with E-state index in [0.29, 0.717) is 54.6 Å². The number of nitrogens with zero attached hydrogens (tertiary/aromatic N) is 2. The predicted octanol–water partition coefficient (Wildman–Crippen LogP) is 7.00. The van der Waals surface area contributed by atoms with E-state index in [0.717, 1.165) is 44.5 Å². The Bertz CT molecular complexity index is 1430. The molecule has 240 valence electrons. The predicted molar refractivity (Wildman–Crippen MR) is 177 cm³/mol. The van der Waals surface area contributed by atoms with E-state index < -0.39 is 17.7 Å². The van der Waals surface area contributed by atoms with Gasteiger partial charge in [0.1, 0.15) is 18.1 Å². The van der Waals surface area contributed by atoms with Crippen LogP contribution >= 0.6 is 0 Å². The van der Waals surface area contributed by atoms with Crippen LogP contribution in [0.4, 0.5) is 0 Å². The van der Waals surface area contributed by atoms with Crippen molar-refractivity contribution in [2.45, 2.75) is 59.1 Å². The third-order valence-corrected chi connectivity index (χ3v) is 8.19. The molecule has 0 saturated carbocycles. The third-order valence-electron chi connectivity index (χ3n) is 8.19. The summed E-state index contributed by atoms with van der Waals surface area (Å²) in [6.45, 7) is 10.3. The SMILES string of the molecule is CCCCCOc1ccc([C@H]2C(=C(O)c3ccc(OCc4ccccc4)cc3)C(=O)C(=O)N2CCCN(CC)CC)cc1OC. The molecule has 0 aromatic heterocycles. The van der Waals surface area contributed by atoms with Gasteiger partial charge in [-0.1, -0.05) is 70.0 Å². The molecular formula is C37H46N2O6. The highest BCUT2D eigenvalue weighted by Gasteiger charge is 2.46. The second kappa shape index (κ2) is 16.7. The van der Waals surface area contributed by atoms with Gasteiger partial charge >= 0.3 is 0 Å². The van der Waals surface area contributed by atoms with Gasteiger partial charge in [0.05, 0.1) is 25.3 Å². The summed E-state index contributed by atoms with van der Waals surface area (Å²) >= 11 is 0. The summed E-state index contributed by atoms with van der Waals surface area (Å²) in [7, 11) is 1.57. The zero-order chi connectivity index (χ0) is 32.2. The first-order chi connectivity index (χ1) is 21.9. The summed E-state index contributed by atoms with van der Waals surface area (Å²) in [5.41, 5.74) is 2.19. The van der Waals surface area contributed by atoms with Crippen molar-refractivity contribution < 1.29 is 28.9 Å². The first-order valence-electron chi connectivity index (χ1n) is 16.0. The molecule has 1 N–H and O–H groups in total. The first-order valence-corrected chi connectivity index (χ1v) is 16.0. The molecule has 1 atom stereocenters. The topological polar surface area (TPSA) is 88.5 Å². The van der Waals surface area contributed by atoms with E-state index in [1.807, 2.05) is 42.5 Å². The van der Waals surface area contributed by atoms with Crippen LogP contribution < -0.4 is 14.2 Å². The standard InChI is InChI=1S/C37H46N2O6/c1-5-8-12-24-44-31-21-18-29(25-32(31)43-4)34-33(36(41)37(42)39(34)23-13-22-38(6-2)7-3)35(40)28-16-19-30(20-17-28)45-26-27-14-10-9-11-15-27/h9-11,14-21,25,34,40H,5-8,12-13,22-24,26H2,1-4H3/t34-/m0/s1. The van der Waals surface area contributed by atoms with E-state index in [4.69, 9.17) is 14.2 Å². The van der Waals surface area contributed by atoms with Crippen LogP contribution in [0.3, 0.4) is 0 Å². The molecule has 1 fully saturated rings. The normalized spacial score (nSPS) is 15.9. The van der Waals surface area contributed by atoms with Crippen molar-refractivity contribution in [2.24, 2.45) is 0 Å². The van der Waals surface area contributed by atoms with Gasteiger partial charge in [-0.05, 0) is 80.0 Å². The Balaban J connectivity index is 1.65. The largest absolute Gasteiger partial charge is 0.507 e. The van der Waals surface area contributed by atoms with E-state index in [2.05, 4.69) is 25.7 Å². The lowest BCUT2D eigenvalue weighted by atomic mass is 9.95. The molecule has 3 aromatic carbocycles. The summed E-state index contributed by atoms with van der Waals surface area (Å²) in [6, 6.07) is 21.4. The number of carbonyl (C=O) groups is 2. The summed E-state index contributed by atoms with van der Waals surface area (Å²) < 4.78 is 17.6. The molecule has 0 radical (unpaired) electrons. The highest BCUT2D eigenvalue weighted by atomic mass is 16.5. The molecule has 3 aromatic rings. The number of aliphatic hydroxyl groups is 1. The van der Waals surface area contributed by atoms with Crippen LogP contribution in [-0.2, 0) is 16.2 Å². The van der Waals surface area contributed by atoms with E-state index in [1.165, 1.54) is 0 Å². The van der Waals surface area contributed by atoms with E-state index in [1.54, 1.807) is 42.3 Å². The van der Waals surface area contributed by atoms with Crippen molar-refractivity contribution in [1.29, 1.82) is 0 Å². The second-order valence-corrected chi connectivity index (χ2v) is 11.1. The Kier molecular flexibility index (Phi) is 12.5. The molecule has 8 nitrogen and oxygen atoms in total. The van der Waals surface area contributed by atoms with Crippen molar-refractivity contribution in [3.8, 4) is 17.2 Å². The van der Waals surface area contributed by atoms with Crippen molar-refractivity contribution in [1.82, 2.24) is 9.80 Å². The quantitative estimate of drug-likeness (QED) is 0.0758. The second-order valence-electron chi connectivity index (χ2n) is 11.1. The number of carbonyl (C=O) groups excluding carboxylic acids is 2. The van der Waals surface area contributed by atoms with Crippen molar-refractivity contribution in [3.05, 3.63) is 95.1 Å². The number of ether oxygens (including phenoxy) is 3. The van der Waals surface area contributed by atoms with Gasteiger partial charge in [-0.15, -0.1) is 0 Å². The fourth-order valence-electron chi connectivity index (χ4n) is 5.57. The lowest BCUT2D eigenvalue weighted by Gasteiger charge is -2.27. The number of likely N-dealkylation sites (tertiary alicyclic amines) is 1. The fourth-order valence-corrected chi connectivity index (χ4v) is 5.57. The Morgan fingerprint density at radius 1 is 0.867 bits per heavy atom. The number of Topliss-reactive ketones (excluding diaryl/α,β-unsaturated/α-hetero) is 1. The number of aliphatic hydroxyl groups excluding tert-OH is 1. The minimum Gasteiger partial charge on any atom is -0.507 e. The minimum atomic E-state index is -0.779. The first kappa shape index (κ1) is 33.6. The van der Waals surface area contributed by atoms with Gasteiger partial charge in [0.2, 0.25) is 0 Å². The number of hydrogen-bond donors (Lipinski definition) is 1. The maximum atomic E-state index is 13.6. The van der Waals surface area contributed by atoms with Crippen LogP contribution in [0.25, 0.3) is 5.76 Å². The Morgan fingerprint density at radius 2 is 1.60 bits per heavy atom. The number of unbranched alkanes of at least 4 members (excludes halogenated alkanes) is 2. The van der Waals surface area contributed by atoms with Gasteiger partial charge in [0.25, 0.3) is 11.7 Å². The Hall–Kier alpha value is -4.30. The zero-order valence-electron chi connectivity index (χ0n) is 27.0. The van der Waals surface area contributed by atoms with Gasteiger partial charge in [-0.2, -0.15) is 0 Å². The number of rotatable bonds is 17. The number of benzene rings is 3. The highest BCUT2D eigenvalue weighted by molar-refractivity contribution is 6.46. The summed E-state index contributed by atoms with van der Waals surface area (Å²) in [5.74, 6) is 0.187. The number of methoxy groups -OCH3 is 1. The summed E-state index contributed by atoms with van der Waals surface area (Å²) in [6.07, 6.45) is 3.79. The molecule has 45 heavy (non-hydrogen) atoms. The molecule has 1 amide bonds. The Labute approximate surface area is 267 Å². The number of amides is 1. The van der Waals surface area contributed by atoms with Crippen molar-refractivity contribution in [3.63, 3.8) is 0 Å². The van der Waals surface area contributed by atoms with Crippen LogP contribution in [0.1, 0.15) is 69.2 Å². The number of hydrogen-bond acceptors (Lipinski definition) is 7. The van der Waals surface area contributed by atoms with Gasteiger partial charge in [0.15, 0.2) is 11.5 Å². The average Bonchev–Trinajstić information content (AvgIpc) is 3.33. The van der Waals surface area contributed by atoms with Crippen LogP contribution in [0, 0.1) is 0 Å². The molecule has 4 rings (SSSR count). The highest BCUT2D eigenvalue weighted by Crippen LogP contribution is 2.42. The molecule has 0 spiro atoms. The van der Waals surface area contributed by atoms with Gasteiger partial charge < -0.3 is 29.1 Å². The zero-order valence-corrected chi connectivity index (χ0v) is 27.0. The molecule has 0 unspecified atom stereocenters. The third kappa shape index (κ3) is 8.45. The molecule has 1 aliphatic heterocycles. The summed E-state index contributed by atoms with van der Waals surface area (Å²) in [4.78, 5) is 30.9. The smallest absolute Gasteiger partial charge is 0.295 e. The average molecular weight is 615 g/mol. The number of ketones is 1. The minimum absolute atomic E-state index is 0.0551. The molecule has 0 aliphatic carbocycles. The molecule has 1 saturated heterocycles. The van der Waals surface area contributed by atoms with Crippen LogP contribution in [0.5, 0.6) is 17.2 Å². The molecule has 1 aliphatic rings. The lowest BCUT2D eigenvalue weighted by Crippen LogP contribution is -2.33. The van der Waals surface area contributed by atoms with E-state index in [-0.39, 0.29) is 11.3 Å². The molecule has 8 heteroatoms. The molecule has 0 bridgehead atoms. The van der Waals surface area contributed by atoms with Gasteiger partial charge in [-0.3, -0.25) is 9.59 Å². The Morgan fingerprint density at radius 3 is 2.27 bits per heavy atom. The van der Waals surface area contributed by atoms with Crippen molar-refractivity contribution >= 4 is 17.4 Å². The molecular weight excluding hydrogens is 568 g/mol. The van der Waals surface area contributed by atoms with E-state index in [9.17, 15) is 14.7 Å².